The lowest BCUT2D eigenvalue weighted by Gasteiger charge is -2.19. The number of sulfonamides is 1. The van der Waals surface area contributed by atoms with Gasteiger partial charge in [0, 0.05) is 30.4 Å². The molecule has 0 saturated carbocycles. The van der Waals surface area contributed by atoms with Crippen LogP contribution in [0.3, 0.4) is 0 Å². The van der Waals surface area contributed by atoms with Crippen LogP contribution < -0.4 is 10.9 Å². The molecule has 3 aromatic rings. The Morgan fingerprint density at radius 1 is 0.971 bits per heavy atom. The van der Waals surface area contributed by atoms with E-state index < -0.39 is 21.6 Å². The molecule has 0 radical (unpaired) electrons. The van der Waals surface area contributed by atoms with E-state index in [-0.39, 0.29) is 10.8 Å². The first-order valence-corrected chi connectivity index (χ1v) is 13.1. The summed E-state index contributed by atoms with van der Waals surface area (Å²) >= 11 is 0. The second kappa shape index (κ2) is 9.75. The normalized spacial score (nSPS) is 15.2. The SMILES string of the molecule is Cc1ccc(-c2ccc(=O)n([C@H](C)C(=O)Nc3c(C)cccc3C)n2)cc1S(=O)(=O)N1CCCC1. The molecule has 1 N–H and O–H groups in total. The number of aromatic nitrogens is 2. The van der Waals surface area contributed by atoms with Crippen LogP contribution in [0.25, 0.3) is 11.3 Å². The van der Waals surface area contributed by atoms with E-state index in [1.54, 1.807) is 38.1 Å². The highest BCUT2D eigenvalue weighted by atomic mass is 32.2. The molecular formula is C26H30N4O4S. The molecule has 184 valence electrons. The number of carbonyl (C=O) groups is 1. The van der Waals surface area contributed by atoms with E-state index >= 15 is 0 Å². The van der Waals surface area contributed by atoms with E-state index in [4.69, 9.17) is 0 Å². The summed E-state index contributed by atoms with van der Waals surface area (Å²) in [5, 5.41) is 7.34. The average molecular weight is 495 g/mol. The summed E-state index contributed by atoms with van der Waals surface area (Å²) in [5.74, 6) is -0.365. The van der Waals surface area contributed by atoms with Crippen molar-refractivity contribution >= 4 is 21.6 Å². The Morgan fingerprint density at radius 3 is 2.29 bits per heavy atom. The van der Waals surface area contributed by atoms with Gasteiger partial charge in [-0.05, 0) is 69.4 Å². The molecule has 8 nitrogen and oxygen atoms in total. The van der Waals surface area contributed by atoms with Gasteiger partial charge in [0.1, 0.15) is 6.04 Å². The Kier molecular flexibility index (Phi) is 6.91. The van der Waals surface area contributed by atoms with Crippen LogP contribution in [0.15, 0.2) is 58.2 Å². The number of nitrogens with one attached hydrogen (secondary N) is 1. The van der Waals surface area contributed by atoms with E-state index in [0.717, 1.165) is 28.7 Å². The Balaban J connectivity index is 1.67. The van der Waals surface area contributed by atoms with Crippen molar-refractivity contribution in [2.75, 3.05) is 18.4 Å². The highest BCUT2D eigenvalue weighted by Gasteiger charge is 2.29. The van der Waals surface area contributed by atoms with Gasteiger partial charge in [-0.25, -0.2) is 13.1 Å². The maximum atomic E-state index is 13.2. The summed E-state index contributed by atoms with van der Waals surface area (Å²) in [4.78, 5) is 25.8. The lowest BCUT2D eigenvalue weighted by molar-refractivity contribution is -0.119. The number of carbonyl (C=O) groups excluding carboxylic acids is 1. The number of aryl methyl sites for hydroxylation is 3. The summed E-state index contributed by atoms with van der Waals surface area (Å²) in [6.45, 7) is 8.22. The van der Waals surface area contributed by atoms with Gasteiger partial charge in [0.15, 0.2) is 0 Å². The summed E-state index contributed by atoms with van der Waals surface area (Å²) in [6, 6.07) is 12.9. The van der Waals surface area contributed by atoms with E-state index in [1.165, 1.54) is 10.4 Å². The van der Waals surface area contributed by atoms with Gasteiger partial charge in [0.2, 0.25) is 15.9 Å². The standard InChI is InChI=1S/C26H30N4O4S/c1-17-10-11-21(16-23(17)35(33,34)29-14-5-6-15-29)22-12-13-24(31)30(28-22)20(4)26(32)27-25-18(2)8-7-9-19(25)3/h7-13,16,20H,5-6,14-15H2,1-4H3,(H,27,32)/t20-/m1/s1. The molecule has 0 spiro atoms. The fourth-order valence-corrected chi connectivity index (χ4v) is 6.08. The molecule has 0 bridgehead atoms. The minimum Gasteiger partial charge on any atom is -0.324 e. The maximum Gasteiger partial charge on any atom is 0.267 e. The molecule has 1 aliphatic rings. The lowest BCUT2D eigenvalue weighted by Crippen LogP contribution is -2.33. The average Bonchev–Trinajstić information content (AvgIpc) is 3.38. The predicted molar refractivity (Wildman–Crippen MR) is 136 cm³/mol. The number of anilines is 1. The second-order valence-electron chi connectivity index (χ2n) is 9.02. The maximum absolute atomic E-state index is 13.2. The van der Waals surface area contributed by atoms with Crippen LogP contribution in [0.2, 0.25) is 0 Å². The smallest absolute Gasteiger partial charge is 0.267 e. The lowest BCUT2D eigenvalue weighted by atomic mass is 10.1. The molecule has 0 unspecified atom stereocenters. The number of hydrogen-bond donors (Lipinski definition) is 1. The Hall–Kier alpha value is -3.30. The third-order valence-corrected chi connectivity index (χ3v) is 8.51. The Bertz CT molecular complexity index is 1420. The van der Waals surface area contributed by atoms with Crippen molar-refractivity contribution in [1.82, 2.24) is 14.1 Å². The summed E-state index contributed by atoms with van der Waals surface area (Å²) in [6.07, 6.45) is 1.71. The van der Waals surface area contributed by atoms with Gasteiger partial charge in [-0.2, -0.15) is 9.40 Å². The van der Waals surface area contributed by atoms with Crippen LogP contribution in [0.1, 0.15) is 42.5 Å². The highest BCUT2D eigenvalue weighted by Crippen LogP contribution is 2.28. The number of para-hydroxylation sites is 1. The second-order valence-corrected chi connectivity index (χ2v) is 10.9. The van der Waals surface area contributed by atoms with Crippen molar-refractivity contribution in [2.24, 2.45) is 0 Å². The molecule has 2 aromatic carbocycles. The summed E-state index contributed by atoms with van der Waals surface area (Å²) in [5.41, 5.74) is 3.75. The van der Waals surface area contributed by atoms with Crippen LogP contribution in [-0.2, 0) is 14.8 Å². The van der Waals surface area contributed by atoms with Crippen LogP contribution in [0, 0.1) is 20.8 Å². The topological polar surface area (TPSA) is 101 Å². The zero-order valence-corrected chi connectivity index (χ0v) is 21.2. The van der Waals surface area contributed by atoms with Crippen LogP contribution in [-0.4, -0.2) is 41.5 Å². The summed E-state index contributed by atoms with van der Waals surface area (Å²) in [7, 11) is -3.62. The van der Waals surface area contributed by atoms with Gasteiger partial charge in [-0.1, -0.05) is 30.3 Å². The van der Waals surface area contributed by atoms with Gasteiger partial charge in [-0.15, -0.1) is 0 Å². The van der Waals surface area contributed by atoms with E-state index in [1.807, 2.05) is 32.0 Å². The van der Waals surface area contributed by atoms with E-state index in [2.05, 4.69) is 10.4 Å². The first-order valence-electron chi connectivity index (χ1n) is 11.7. The Labute approximate surface area is 205 Å². The Morgan fingerprint density at radius 2 is 1.63 bits per heavy atom. The highest BCUT2D eigenvalue weighted by molar-refractivity contribution is 7.89. The van der Waals surface area contributed by atoms with Crippen molar-refractivity contribution in [3.05, 3.63) is 75.6 Å². The first-order chi connectivity index (χ1) is 16.6. The minimum absolute atomic E-state index is 0.234. The zero-order chi connectivity index (χ0) is 25.3. The van der Waals surface area contributed by atoms with E-state index in [0.29, 0.717) is 35.6 Å². The monoisotopic (exact) mass is 494 g/mol. The summed E-state index contributed by atoms with van der Waals surface area (Å²) < 4.78 is 29.0. The van der Waals surface area contributed by atoms with Gasteiger partial charge in [-0.3, -0.25) is 9.59 Å². The molecule has 1 amide bonds. The number of rotatable bonds is 6. The van der Waals surface area contributed by atoms with Crippen LogP contribution >= 0.6 is 0 Å². The number of hydrogen-bond acceptors (Lipinski definition) is 5. The van der Waals surface area contributed by atoms with Crippen molar-refractivity contribution in [3.8, 4) is 11.3 Å². The van der Waals surface area contributed by atoms with E-state index in [9.17, 15) is 18.0 Å². The quantitative estimate of drug-likeness (QED) is 0.561. The fourth-order valence-electron chi connectivity index (χ4n) is 4.31. The number of nitrogens with zero attached hydrogens (tertiary/aromatic N) is 3. The van der Waals surface area contributed by atoms with Gasteiger partial charge < -0.3 is 5.32 Å². The largest absolute Gasteiger partial charge is 0.324 e. The number of benzene rings is 2. The zero-order valence-electron chi connectivity index (χ0n) is 20.4. The molecule has 2 heterocycles. The molecule has 4 rings (SSSR count). The molecule has 1 saturated heterocycles. The van der Waals surface area contributed by atoms with Gasteiger partial charge in [0.25, 0.3) is 5.56 Å². The molecule has 1 fully saturated rings. The molecule has 0 aliphatic carbocycles. The molecule has 1 aliphatic heterocycles. The van der Waals surface area contributed by atoms with Crippen LogP contribution in [0.4, 0.5) is 5.69 Å². The predicted octanol–water partition coefficient (Wildman–Crippen LogP) is 3.82. The van der Waals surface area contributed by atoms with Crippen molar-refractivity contribution < 1.29 is 13.2 Å². The van der Waals surface area contributed by atoms with Crippen LogP contribution in [0.5, 0.6) is 0 Å². The van der Waals surface area contributed by atoms with Crippen molar-refractivity contribution in [2.45, 2.75) is 51.5 Å². The van der Waals surface area contributed by atoms with Gasteiger partial charge in [0.05, 0.1) is 10.6 Å². The molecule has 1 aromatic heterocycles. The van der Waals surface area contributed by atoms with Gasteiger partial charge >= 0.3 is 0 Å². The fraction of sp³-hybridized carbons (Fsp3) is 0.346. The minimum atomic E-state index is -3.62. The first kappa shape index (κ1) is 24.8. The molecule has 35 heavy (non-hydrogen) atoms. The third-order valence-electron chi connectivity index (χ3n) is 6.47. The van der Waals surface area contributed by atoms with Crippen molar-refractivity contribution in [3.63, 3.8) is 0 Å². The third kappa shape index (κ3) is 4.92. The molecule has 9 heteroatoms. The number of amides is 1. The molecule has 1 atom stereocenters. The molecular weight excluding hydrogens is 464 g/mol. The van der Waals surface area contributed by atoms with Crippen molar-refractivity contribution in [1.29, 1.82) is 0 Å².